The lowest BCUT2D eigenvalue weighted by molar-refractivity contribution is -0.143. The quantitative estimate of drug-likeness (QED) is 0.455. The Kier molecular flexibility index (Phi) is 5.17. The van der Waals surface area contributed by atoms with Crippen molar-refractivity contribution in [2.45, 2.75) is 46.6 Å². The molecule has 1 aliphatic heterocycles. The van der Waals surface area contributed by atoms with E-state index in [9.17, 15) is 19.2 Å². The van der Waals surface area contributed by atoms with Gasteiger partial charge in [0, 0.05) is 11.6 Å². The molecular formula is C18H22N2O4. The molecular weight excluding hydrogens is 308 g/mol. The molecule has 1 saturated heterocycles. The minimum atomic E-state index is -0.938. The summed E-state index contributed by atoms with van der Waals surface area (Å²) < 4.78 is 0. The van der Waals surface area contributed by atoms with Crippen LogP contribution in [0.25, 0.3) is 0 Å². The molecule has 6 nitrogen and oxygen atoms in total. The Balaban J connectivity index is 2.28. The number of nitrogens with zero attached hydrogens (tertiary/aromatic N) is 2. The van der Waals surface area contributed by atoms with Gasteiger partial charge in [-0.15, -0.1) is 0 Å². The second-order valence-electron chi connectivity index (χ2n) is 6.06. The number of amides is 4. The fourth-order valence-electron chi connectivity index (χ4n) is 2.76. The van der Waals surface area contributed by atoms with E-state index in [1.165, 1.54) is 0 Å². The van der Waals surface area contributed by atoms with E-state index in [1.54, 1.807) is 19.9 Å². The molecule has 0 unspecified atom stereocenters. The minimum absolute atomic E-state index is 0.331. The fourth-order valence-corrected chi connectivity index (χ4v) is 2.76. The van der Waals surface area contributed by atoms with Crippen molar-refractivity contribution in [3.63, 3.8) is 0 Å². The highest BCUT2D eigenvalue weighted by atomic mass is 16.2. The molecule has 0 saturated carbocycles. The van der Waals surface area contributed by atoms with E-state index in [0.29, 0.717) is 12.0 Å². The van der Waals surface area contributed by atoms with Crippen molar-refractivity contribution >= 4 is 23.6 Å². The number of carbonyl (C=O) groups excluding carboxylic acids is 4. The van der Waals surface area contributed by atoms with E-state index in [1.807, 2.05) is 26.0 Å². The third-order valence-corrected chi connectivity index (χ3v) is 4.17. The molecule has 6 heteroatoms. The molecule has 0 atom stereocenters. The number of hydrogen-bond acceptors (Lipinski definition) is 4. The Morgan fingerprint density at radius 3 is 2.21 bits per heavy atom. The van der Waals surface area contributed by atoms with Gasteiger partial charge < -0.3 is 0 Å². The molecule has 0 aromatic heterocycles. The Labute approximate surface area is 141 Å². The molecule has 24 heavy (non-hydrogen) atoms. The summed E-state index contributed by atoms with van der Waals surface area (Å²) >= 11 is 0. The van der Waals surface area contributed by atoms with E-state index in [0.717, 1.165) is 27.3 Å². The smallest absolute Gasteiger partial charge is 0.292 e. The maximum Gasteiger partial charge on any atom is 0.334 e. The monoisotopic (exact) mass is 330 g/mol. The Bertz CT molecular complexity index is 709. The molecule has 1 aromatic rings. The van der Waals surface area contributed by atoms with Crippen molar-refractivity contribution in [2.24, 2.45) is 0 Å². The van der Waals surface area contributed by atoms with Crippen LogP contribution in [0.2, 0.25) is 0 Å². The van der Waals surface area contributed by atoms with Gasteiger partial charge in [0.05, 0.1) is 6.54 Å². The third kappa shape index (κ3) is 3.09. The summed E-state index contributed by atoms with van der Waals surface area (Å²) in [6.07, 6.45) is 1.45. The van der Waals surface area contributed by atoms with Crippen molar-refractivity contribution < 1.29 is 19.2 Å². The van der Waals surface area contributed by atoms with Crippen LogP contribution in [0.1, 0.15) is 49.2 Å². The Morgan fingerprint density at radius 1 is 1.04 bits per heavy atom. The predicted molar refractivity (Wildman–Crippen MR) is 88.6 cm³/mol. The van der Waals surface area contributed by atoms with E-state index < -0.39 is 30.4 Å². The summed E-state index contributed by atoms with van der Waals surface area (Å²) in [6, 6.07) is 4.51. The summed E-state index contributed by atoms with van der Waals surface area (Å²) in [5.74, 6) is -2.14. The van der Waals surface area contributed by atoms with Crippen LogP contribution < -0.4 is 0 Å². The zero-order valence-electron chi connectivity index (χ0n) is 14.5. The second-order valence-corrected chi connectivity index (χ2v) is 6.06. The number of aryl methyl sites for hydroxylation is 2. The molecule has 0 spiro atoms. The SMILES string of the molecule is CCc1ccc(CC)c(C(=O)CN2C(=O)C(=O)N(C(C)C)C2=O)c1. The lowest BCUT2D eigenvalue weighted by Gasteiger charge is -2.18. The first kappa shape index (κ1) is 17.8. The standard InChI is InChI=1S/C18H22N2O4/c1-5-12-7-8-13(6-2)14(9-12)15(21)10-19-16(22)17(23)20(11(3)4)18(19)24/h7-9,11H,5-6,10H2,1-4H3. The number of ketones is 1. The largest absolute Gasteiger partial charge is 0.334 e. The van der Waals surface area contributed by atoms with Gasteiger partial charge in [0.15, 0.2) is 5.78 Å². The van der Waals surface area contributed by atoms with Gasteiger partial charge >= 0.3 is 17.8 Å². The maximum atomic E-state index is 12.6. The lowest BCUT2D eigenvalue weighted by atomic mass is 9.97. The summed E-state index contributed by atoms with van der Waals surface area (Å²) in [4.78, 5) is 50.5. The Hall–Kier alpha value is -2.50. The number of Topliss-reactive ketones (excluding diaryl/α,β-unsaturated/α-hetero) is 1. The molecule has 1 fully saturated rings. The zero-order chi connectivity index (χ0) is 18.0. The van der Waals surface area contributed by atoms with E-state index in [4.69, 9.17) is 0 Å². The zero-order valence-corrected chi connectivity index (χ0v) is 14.5. The van der Waals surface area contributed by atoms with Gasteiger partial charge in [0.1, 0.15) is 0 Å². The first-order valence-electron chi connectivity index (χ1n) is 8.15. The summed E-state index contributed by atoms with van der Waals surface area (Å²) in [6.45, 7) is 6.81. The second kappa shape index (κ2) is 6.95. The van der Waals surface area contributed by atoms with Crippen LogP contribution in [-0.4, -0.2) is 46.0 Å². The highest BCUT2D eigenvalue weighted by molar-refractivity contribution is 6.45. The van der Waals surface area contributed by atoms with Crippen LogP contribution in [0.5, 0.6) is 0 Å². The van der Waals surface area contributed by atoms with E-state index in [-0.39, 0.29) is 5.78 Å². The van der Waals surface area contributed by atoms with Crippen LogP contribution in [0.15, 0.2) is 18.2 Å². The molecule has 0 bridgehead atoms. The highest BCUT2D eigenvalue weighted by Crippen LogP contribution is 2.19. The number of hydrogen-bond donors (Lipinski definition) is 0. The van der Waals surface area contributed by atoms with Gasteiger partial charge in [-0.2, -0.15) is 0 Å². The van der Waals surface area contributed by atoms with Gasteiger partial charge in [-0.3, -0.25) is 19.3 Å². The summed E-state index contributed by atoms with van der Waals surface area (Å²) in [5, 5.41) is 0. The first-order chi connectivity index (χ1) is 11.3. The topological polar surface area (TPSA) is 74.8 Å². The lowest BCUT2D eigenvalue weighted by Crippen LogP contribution is -2.39. The van der Waals surface area contributed by atoms with Crippen molar-refractivity contribution in [2.75, 3.05) is 6.54 Å². The summed E-state index contributed by atoms with van der Waals surface area (Å²) in [7, 11) is 0. The molecule has 0 N–H and O–H groups in total. The average Bonchev–Trinajstić information content (AvgIpc) is 2.77. The summed E-state index contributed by atoms with van der Waals surface area (Å²) in [5.41, 5.74) is 2.38. The van der Waals surface area contributed by atoms with Crippen molar-refractivity contribution in [1.29, 1.82) is 0 Å². The highest BCUT2D eigenvalue weighted by Gasteiger charge is 2.46. The number of rotatable bonds is 6. The normalized spacial score (nSPS) is 15.0. The van der Waals surface area contributed by atoms with E-state index >= 15 is 0 Å². The van der Waals surface area contributed by atoms with Gasteiger partial charge in [-0.1, -0.05) is 26.0 Å². The maximum absolute atomic E-state index is 12.6. The molecule has 1 heterocycles. The average molecular weight is 330 g/mol. The number of benzene rings is 1. The molecule has 0 radical (unpaired) electrons. The third-order valence-electron chi connectivity index (χ3n) is 4.17. The first-order valence-corrected chi connectivity index (χ1v) is 8.15. The molecule has 4 amide bonds. The van der Waals surface area contributed by atoms with Crippen LogP contribution >= 0.6 is 0 Å². The van der Waals surface area contributed by atoms with Crippen LogP contribution in [0, 0.1) is 0 Å². The van der Waals surface area contributed by atoms with Crippen molar-refractivity contribution in [1.82, 2.24) is 9.80 Å². The van der Waals surface area contributed by atoms with Crippen molar-refractivity contribution in [3.05, 3.63) is 34.9 Å². The fraction of sp³-hybridized carbons (Fsp3) is 0.444. The van der Waals surface area contributed by atoms with Gasteiger partial charge in [0.2, 0.25) is 0 Å². The minimum Gasteiger partial charge on any atom is -0.292 e. The number of carbonyl (C=O) groups is 4. The molecule has 2 rings (SSSR count). The van der Waals surface area contributed by atoms with Gasteiger partial charge in [0.25, 0.3) is 0 Å². The number of urea groups is 1. The van der Waals surface area contributed by atoms with E-state index in [2.05, 4.69) is 0 Å². The molecule has 128 valence electrons. The Morgan fingerprint density at radius 2 is 1.71 bits per heavy atom. The molecule has 0 aliphatic carbocycles. The molecule has 1 aliphatic rings. The van der Waals surface area contributed by atoms with Crippen LogP contribution in [0.4, 0.5) is 4.79 Å². The van der Waals surface area contributed by atoms with Crippen LogP contribution in [0.3, 0.4) is 0 Å². The predicted octanol–water partition coefficient (Wildman–Crippen LogP) is 2.19. The van der Waals surface area contributed by atoms with Crippen molar-refractivity contribution in [3.8, 4) is 0 Å². The van der Waals surface area contributed by atoms with Crippen LogP contribution in [-0.2, 0) is 22.4 Å². The number of imide groups is 2. The van der Waals surface area contributed by atoms with Gasteiger partial charge in [-0.05, 0) is 43.9 Å². The van der Waals surface area contributed by atoms with Gasteiger partial charge in [-0.25, -0.2) is 9.69 Å². The molecule has 1 aromatic carbocycles.